The number of methoxy groups -OCH3 is 2. The molecule has 2 amide bonds. The maximum atomic E-state index is 13.9. The number of hydrogen-bond acceptors (Lipinski definition) is 5. The van der Waals surface area contributed by atoms with E-state index in [-0.39, 0.29) is 30.2 Å². The van der Waals surface area contributed by atoms with Gasteiger partial charge in [0.05, 0.1) is 25.7 Å². The molecule has 7 nitrogen and oxygen atoms in total. The predicted octanol–water partition coefficient (Wildman–Crippen LogP) is 2.95. The summed E-state index contributed by atoms with van der Waals surface area (Å²) in [5.41, 5.74) is 0.977. The lowest BCUT2D eigenvalue weighted by Gasteiger charge is -2.46. The normalized spacial score (nSPS) is 28.0. The third-order valence-corrected chi connectivity index (χ3v) is 7.92. The molecule has 3 saturated heterocycles. The Morgan fingerprint density at radius 1 is 1.09 bits per heavy atom. The number of hydrogen-bond donors (Lipinski definition) is 0. The molecule has 3 aliphatic rings. The van der Waals surface area contributed by atoms with Gasteiger partial charge in [0, 0.05) is 39.7 Å². The number of likely N-dealkylation sites (tertiary alicyclic amines) is 1. The zero-order chi connectivity index (χ0) is 23.4. The summed E-state index contributed by atoms with van der Waals surface area (Å²) in [5.74, 6) is 0.994. The van der Waals surface area contributed by atoms with Gasteiger partial charge in [-0.15, -0.1) is 0 Å². The van der Waals surface area contributed by atoms with Gasteiger partial charge in [0.15, 0.2) is 0 Å². The first-order valence-corrected chi connectivity index (χ1v) is 12.4. The van der Waals surface area contributed by atoms with E-state index in [1.807, 2.05) is 36.2 Å². The van der Waals surface area contributed by atoms with E-state index in [9.17, 15) is 9.59 Å². The average Bonchev–Trinajstić information content (AvgIpc) is 3.15. The Balaban J connectivity index is 1.54. The van der Waals surface area contributed by atoms with Gasteiger partial charge in [-0.25, -0.2) is 0 Å². The summed E-state index contributed by atoms with van der Waals surface area (Å²) in [6, 6.07) is 8.07. The monoisotopic (exact) mass is 457 g/mol. The number of piperidine rings is 2. The van der Waals surface area contributed by atoms with Crippen molar-refractivity contribution in [2.75, 3.05) is 54.1 Å². The van der Waals surface area contributed by atoms with Gasteiger partial charge in [-0.1, -0.05) is 18.6 Å². The minimum absolute atomic E-state index is 0.0250. The number of amides is 2. The largest absolute Gasteiger partial charge is 0.497 e. The molecular weight excluding hydrogens is 418 g/mol. The first-order chi connectivity index (χ1) is 16.0. The van der Waals surface area contributed by atoms with Gasteiger partial charge in [-0.3, -0.25) is 9.59 Å². The molecule has 3 heterocycles. The van der Waals surface area contributed by atoms with Crippen molar-refractivity contribution in [2.45, 2.75) is 50.6 Å². The predicted molar refractivity (Wildman–Crippen MR) is 127 cm³/mol. The van der Waals surface area contributed by atoms with Crippen LogP contribution >= 0.6 is 0 Å². The van der Waals surface area contributed by atoms with Crippen LogP contribution in [0.2, 0.25) is 0 Å². The van der Waals surface area contributed by atoms with Crippen LogP contribution in [0.1, 0.15) is 50.1 Å². The lowest BCUT2D eigenvalue weighted by molar-refractivity contribution is -0.138. The van der Waals surface area contributed by atoms with E-state index in [2.05, 4.69) is 4.90 Å². The van der Waals surface area contributed by atoms with Gasteiger partial charge in [0.2, 0.25) is 11.8 Å². The number of carbonyl (C=O) groups excluding carboxylic acids is 2. The van der Waals surface area contributed by atoms with E-state index in [4.69, 9.17) is 9.47 Å². The van der Waals surface area contributed by atoms with E-state index in [0.29, 0.717) is 25.1 Å². The molecule has 3 aliphatic heterocycles. The van der Waals surface area contributed by atoms with Crippen molar-refractivity contribution in [2.24, 2.45) is 11.8 Å². The second-order valence-corrected chi connectivity index (χ2v) is 9.81. The number of carbonyl (C=O) groups is 2. The molecule has 4 unspecified atom stereocenters. The van der Waals surface area contributed by atoms with Crippen LogP contribution in [-0.2, 0) is 14.3 Å². The fraction of sp³-hybridized carbons (Fsp3) is 0.692. The molecule has 4 atom stereocenters. The second-order valence-electron chi connectivity index (χ2n) is 9.81. The molecule has 7 heteroatoms. The summed E-state index contributed by atoms with van der Waals surface area (Å²) in [4.78, 5) is 33.0. The highest BCUT2D eigenvalue weighted by molar-refractivity contribution is 5.90. The molecule has 0 bridgehead atoms. The Morgan fingerprint density at radius 3 is 2.58 bits per heavy atom. The molecule has 0 N–H and O–H groups in total. The zero-order valence-corrected chi connectivity index (χ0v) is 20.4. The fourth-order valence-electron chi connectivity index (χ4n) is 6.15. The Labute approximate surface area is 198 Å². The molecule has 0 aliphatic carbocycles. The van der Waals surface area contributed by atoms with Crippen molar-refractivity contribution >= 4 is 11.8 Å². The summed E-state index contributed by atoms with van der Waals surface area (Å²) < 4.78 is 10.7. The zero-order valence-electron chi connectivity index (χ0n) is 20.4. The molecule has 182 valence electrons. The fourth-order valence-corrected chi connectivity index (χ4v) is 6.15. The van der Waals surface area contributed by atoms with Crippen molar-refractivity contribution < 1.29 is 19.1 Å². The SMILES string of the molecule is COCCN(CC1CCCN2CCCCC12)C(=O)C1CC(=O)N(C)C1c1ccc(OC)cc1. The molecular formula is C26H39N3O4. The van der Waals surface area contributed by atoms with Crippen molar-refractivity contribution in [1.82, 2.24) is 14.7 Å². The molecule has 33 heavy (non-hydrogen) atoms. The highest BCUT2D eigenvalue weighted by atomic mass is 16.5. The van der Waals surface area contributed by atoms with Crippen molar-refractivity contribution in [3.05, 3.63) is 29.8 Å². The van der Waals surface area contributed by atoms with E-state index < -0.39 is 0 Å². The first-order valence-electron chi connectivity index (χ1n) is 12.4. The molecule has 0 radical (unpaired) electrons. The highest BCUT2D eigenvalue weighted by Gasteiger charge is 2.45. The lowest BCUT2D eigenvalue weighted by atomic mass is 9.83. The van der Waals surface area contributed by atoms with Gasteiger partial charge in [-0.2, -0.15) is 0 Å². The molecule has 1 aromatic carbocycles. The van der Waals surface area contributed by atoms with Crippen molar-refractivity contribution in [1.29, 1.82) is 0 Å². The van der Waals surface area contributed by atoms with Gasteiger partial charge in [0.25, 0.3) is 0 Å². The van der Waals surface area contributed by atoms with Crippen molar-refractivity contribution in [3.8, 4) is 5.75 Å². The van der Waals surface area contributed by atoms with Crippen LogP contribution in [0.15, 0.2) is 24.3 Å². The van der Waals surface area contributed by atoms with Gasteiger partial charge >= 0.3 is 0 Å². The molecule has 0 aromatic heterocycles. The van der Waals surface area contributed by atoms with Crippen LogP contribution in [0, 0.1) is 11.8 Å². The minimum atomic E-state index is -0.376. The summed E-state index contributed by atoms with van der Waals surface area (Å²) in [5, 5.41) is 0. The minimum Gasteiger partial charge on any atom is -0.497 e. The Kier molecular flexibility index (Phi) is 7.91. The summed E-state index contributed by atoms with van der Waals surface area (Å²) in [6.07, 6.45) is 6.43. The Hall–Kier alpha value is -2.12. The number of nitrogens with zero attached hydrogens (tertiary/aromatic N) is 3. The van der Waals surface area contributed by atoms with Crippen LogP contribution < -0.4 is 4.74 Å². The summed E-state index contributed by atoms with van der Waals surface area (Å²) in [6.45, 7) is 4.22. The molecule has 1 aromatic rings. The van der Waals surface area contributed by atoms with E-state index in [1.54, 1.807) is 19.1 Å². The number of ether oxygens (including phenoxy) is 2. The highest BCUT2D eigenvalue weighted by Crippen LogP contribution is 2.39. The summed E-state index contributed by atoms with van der Waals surface area (Å²) >= 11 is 0. The average molecular weight is 458 g/mol. The first kappa shape index (κ1) is 24.0. The number of fused-ring (bicyclic) bond motifs is 1. The van der Waals surface area contributed by atoms with Crippen LogP contribution in [0.3, 0.4) is 0 Å². The summed E-state index contributed by atoms with van der Waals surface area (Å²) in [7, 11) is 5.13. The third-order valence-electron chi connectivity index (χ3n) is 7.92. The Bertz CT molecular complexity index is 812. The van der Waals surface area contributed by atoms with Gasteiger partial charge in [0.1, 0.15) is 5.75 Å². The molecule has 0 spiro atoms. The maximum Gasteiger partial charge on any atom is 0.228 e. The van der Waals surface area contributed by atoms with Crippen LogP contribution in [0.5, 0.6) is 5.75 Å². The Morgan fingerprint density at radius 2 is 1.85 bits per heavy atom. The number of benzene rings is 1. The maximum absolute atomic E-state index is 13.9. The number of rotatable bonds is 8. The van der Waals surface area contributed by atoms with Gasteiger partial charge in [-0.05, 0) is 62.4 Å². The molecule has 0 saturated carbocycles. The topological polar surface area (TPSA) is 62.3 Å². The van der Waals surface area contributed by atoms with E-state index in [1.165, 1.54) is 45.2 Å². The lowest BCUT2D eigenvalue weighted by Crippen LogP contribution is -2.52. The van der Waals surface area contributed by atoms with Crippen LogP contribution in [-0.4, -0.2) is 86.6 Å². The van der Waals surface area contributed by atoms with Crippen LogP contribution in [0.4, 0.5) is 0 Å². The third kappa shape index (κ3) is 5.19. The second kappa shape index (κ2) is 10.9. The smallest absolute Gasteiger partial charge is 0.228 e. The van der Waals surface area contributed by atoms with Crippen molar-refractivity contribution in [3.63, 3.8) is 0 Å². The van der Waals surface area contributed by atoms with Gasteiger partial charge < -0.3 is 24.2 Å². The van der Waals surface area contributed by atoms with Crippen LogP contribution in [0.25, 0.3) is 0 Å². The standard InChI is InChI=1S/C26H39N3O4/c1-27-24(30)17-22(25(27)19-9-11-21(33-3)12-10-19)26(31)29(15-16-32-2)18-20-7-6-14-28-13-5-4-8-23(20)28/h9-12,20,22-23,25H,4-8,13-18H2,1-3H3. The quantitative estimate of drug-likeness (QED) is 0.601. The molecule has 3 fully saturated rings. The van der Waals surface area contributed by atoms with E-state index in [0.717, 1.165) is 17.9 Å². The molecule has 4 rings (SSSR count). The van der Waals surface area contributed by atoms with E-state index >= 15 is 0 Å².